The highest BCUT2D eigenvalue weighted by Gasteiger charge is 2.49. The first-order valence-electron chi connectivity index (χ1n) is 6.92. The van der Waals surface area contributed by atoms with E-state index in [2.05, 4.69) is 5.32 Å². The Bertz CT molecular complexity index is 513. The Morgan fingerprint density at radius 3 is 2.79 bits per heavy atom. The monoisotopic (exact) mass is 260 g/mol. The highest BCUT2D eigenvalue weighted by molar-refractivity contribution is 5.95. The maximum Gasteiger partial charge on any atom is 0.229 e. The molecule has 0 aliphatic heterocycles. The highest BCUT2D eigenvalue weighted by atomic mass is 16.3. The van der Waals surface area contributed by atoms with Crippen LogP contribution < -0.4 is 11.1 Å². The SMILES string of the molecule is Cc1ccc(O)c(NC(=O)[C@H]2[C@H]3CC[C@@H](C3)[C@H]2N)c1. The third-order valence-electron chi connectivity index (χ3n) is 4.69. The van der Waals surface area contributed by atoms with Crippen LogP contribution in [0.3, 0.4) is 0 Å². The van der Waals surface area contributed by atoms with Crippen LogP contribution in [0.15, 0.2) is 18.2 Å². The molecule has 2 fully saturated rings. The molecule has 1 aromatic carbocycles. The van der Waals surface area contributed by atoms with Crippen LogP contribution in [0.4, 0.5) is 5.69 Å². The molecule has 3 rings (SSSR count). The molecule has 102 valence electrons. The van der Waals surface area contributed by atoms with E-state index in [1.807, 2.05) is 13.0 Å². The number of aromatic hydroxyl groups is 1. The Labute approximate surface area is 113 Å². The van der Waals surface area contributed by atoms with E-state index in [1.54, 1.807) is 12.1 Å². The highest BCUT2D eigenvalue weighted by Crippen LogP contribution is 2.48. The van der Waals surface area contributed by atoms with Gasteiger partial charge in [-0.15, -0.1) is 0 Å². The molecule has 0 heterocycles. The number of aryl methyl sites for hydroxylation is 1. The number of nitrogens with two attached hydrogens (primary N) is 1. The minimum atomic E-state index is -0.0985. The van der Waals surface area contributed by atoms with Crippen molar-refractivity contribution in [1.29, 1.82) is 0 Å². The summed E-state index contributed by atoms with van der Waals surface area (Å²) in [6.45, 7) is 1.93. The van der Waals surface area contributed by atoms with Gasteiger partial charge in [-0.3, -0.25) is 4.79 Å². The number of carbonyl (C=O) groups is 1. The Morgan fingerprint density at radius 2 is 2.11 bits per heavy atom. The summed E-state index contributed by atoms with van der Waals surface area (Å²) in [5.74, 6) is 0.897. The maximum absolute atomic E-state index is 12.4. The van der Waals surface area contributed by atoms with Gasteiger partial charge in [0.2, 0.25) is 5.91 Å². The van der Waals surface area contributed by atoms with Crippen LogP contribution in [0.5, 0.6) is 5.75 Å². The molecule has 2 aliphatic rings. The first-order valence-corrected chi connectivity index (χ1v) is 6.92. The average molecular weight is 260 g/mol. The summed E-state index contributed by atoms with van der Waals surface area (Å²) in [4.78, 5) is 12.4. The molecule has 2 saturated carbocycles. The Kier molecular flexibility index (Phi) is 2.97. The largest absolute Gasteiger partial charge is 0.506 e. The lowest BCUT2D eigenvalue weighted by molar-refractivity contribution is -0.121. The van der Waals surface area contributed by atoms with Gasteiger partial charge in [0, 0.05) is 6.04 Å². The molecule has 2 aliphatic carbocycles. The van der Waals surface area contributed by atoms with Crippen LogP contribution in [-0.4, -0.2) is 17.1 Å². The molecule has 0 aromatic heterocycles. The molecule has 0 unspecified atom stereocenters. The lowest BCUT2D eigenvalue weighted by atomic mass is 9.84. The number of benzene rings is 1. The van der Waals surface area contributed by atoms with Crippen LogP contribution in [0.25, 0.3) is 0 Å². The fraction of sp³-hybridized carbons (Fsp3) is 0.533. The number of phenolic OH excluding ortho intramolecular Hbond substituents is 1. The van der Waals surface area contributed by atoms with Gasteiger partial charge in [0.15, 0.2) is 0 Å². The number of rotatable bonds is 2. The molecule has 2 bridgehead atoms. The van der Waals surface area contributed by atoms with Gasteiger partial charge < -0.3 is 16.2 Å². The molecule has 1 amide bonds. The Morgan fingerprint density at radius 1 is 1.37 bits per heavy atom. The van der Waals surface area contributed by atoms with Gasteiger partial charge in [-0.1, -0.05) is 6.07 Å². The van der Waals surface area contributed by atoms with E-state index in [-0.39, 0.29) is 23.6 Å². The summed E-state index contributed by atoms with van der Waals surface area (Å²) < 4.78 is 0. The summed E-state index contributed by atoms with van der Waals surface area (Å²) in [6, 6.07) is 5.18. The van der Waals surface area contributed by atoms with E-state index in [9.17, 15) is 9.90 Å². The van der Waals surface area contributed by atoms with Gasteiger partial charge >= 0.3 is 0 Å². The van der Waals surface area contributed by atoms with Gasteiger partial charge in [-0.05, 0) is 55.7 Å². The Balaban J connectivity index is 1.77. The summed E-state index contributed by atoms with van der Waals surface area (Å²) in [6.07, 6.45) is 3.35. The van der Waals surface area contributed by atoms with Crippen molar-refractivity contribution < 1.29 is 9.90 Å². The van der Waals surface area contributed by atoms with E-state index in [1.165, 1.54) is 0 Å². The summed E-state index contributed by atoms with van der Waals surface area (Å²) in [5.41, 5.74) is 7.65. The molecule has 0 spiro atoms. The fourth-order valence-corrected chi connectivity index (χ4v) is 3.69. The second-order valence-electron chi connectivity index (χ2n) is 5.95. The standard InChI is InChI=1S/C15H20N2O2/c1-8-2-5-12(18)11(6-8)17-15(19)13-9-3-4-10(7-9)14(13)16/h2,5-6,9-10,13-14,18H,3-4,7,16H2,1H3,(H,17,19)/t9-,10-,13-,14+/m0/s1. The number of hydrogen-bond donors (Lipinski definition) is 3. The number of anilines is 1. The Hall–Kier alpha value is -1.55. The number of hydrogen-bond acceptors (Lipinski definition) is 3. The van der Waals surface area contributed by atoms with E-state index in [0.29, 0.717) is 17.5 Å². The number of fused-ring (bicyclic) bond motifs is 2. The predicted molar refractivity (Wildman–Crippen MR) is 73.8 cm³/mol. The van der Waals surface area contributed by atoms with Gasteiger partial charge in [0.25, 0.3) is 0 Å². The van der Waals surface area contributed by atoms with Crippen molar-refractivity contribution in [3.63, 3.8) is 0 Å². The molecule has 4 nitrogen and oxygen atoms in total. The number of carbonyl (C=O) groups excluding carboxylic acids is 1. The minimum absolute atomic E-state index is 0.0225. The smallest absolute Gasteiger partial charge is 0.229 e. The van der Waals surface area contributed by atoms with Crippen molar-refractivity contribution in [3.05, 3.63) is 23.8 Å². The molecule has 0 radical (unpaired) electrons. The van der Waals surface area contributed by atoms with E-state index in [0.717, 1.165) is 24.8 Å². The number of phenols is 1. The van der Waals surface area contributed by atoms with Crippen LogP contribution in [0.2, 0.25) is 0 Å². The first kappa shape index (κ1) is 12.5. The van der Waals surface area contributed by atoms with Crippen molar-refractivity contribution in [2.45, 2.75) is 32.2 Å². The van der Waals surface area contributed by atoms with E-state index in [4.69, 9.17) is 5.73 Å². The van der Waals surface area contributed by atoms with Crippen molar-refractivity contribution in [2.75, 3.05) is 5.32 Å². The lowest BCUT2D eigenvalue weighted by Gasteiger charge is -2.27. The van der Waals surface area contributed by atoms with Crippen molar-refractivity contribution in [2.24, 2.45) is 23.5 Å². The van der Waals surface area contributed by atoms with Gasteiger partial charge in [-0.2, -0.15) is 0 Å². The molecule has 19 heavy (non-hydrogen) atoms. The van der Waals surface area contributed by atoms with Crippen molar-refractivity contribution >= 4 is 11.6 Å². The zero-order valence-electron chi connectivity index (χ0n) is 11.1. The van der Waals surface area contributed by atoms with Crippen LogP contribution in [-0.2, 0) is 4.79 Å². The van der Waals surface area contributed by atoms with Gasteiger partial charge in [0.1, 0.15) is 5.75 Å². The van der Waals surface area contributed by atoms with E-state index < -0.39 is 0 Å². The summed E-state index contributed by atoms with van der Waals surface area (Å²) in [7, 11) is 0. The third kappa shape index (κ3) is 2.10. The second kappa shape index (κ2) is 4.53. The second-order valence-corrected chi connectivity index (χ2v) is 5.95. The van der Waals surface area contributed by atoms with Crippen molar-refractivity contribution in [1.82, 2.24) is 0 Å². The van der Waals surface area contributed by atoms with Crippen LogP contribution in [0.1, 0.15) is 24.8 Å². The molecular formula is C15H20N2O2. The lowest BCUT2D eigenvalue weighted by Crippen LogP contribution is -2.42. The first-order chi connectivity index (χ1) is 9.06. The summed E-state index contributed by atoms with van der Waals surface area (Å²) >= 11 is 0. The molecule has 4 N–H and O–H groups in total. The third-order valence-corrected chi connectivity index (χ3v) is 4.69. The van der Waals surface area contributed by atoms with Gasteiger partial charge in [-0.25, -0.2) is 0 Å². The maximum atomic E-state index is 12.4. The average Bonchev–Trinajstić information content (AvgIpc) is 2.94. The molecular weight excluding hydrogens is 240 g/mol. The van der Waals surface area contributed by atoms with Crippen molar-refractivity contribution in [3.8, 4) is 5.75 Å². The molecule has 4 heteroatoms. The summed E-state index contributed by atoms with van der Waals surface area (Å²) in [5, 5.41) is 12.6. The normalized spacial score (nSPS) is 32.5. The number of nitrogens with one attached hydrogen (secondary N) is 1. The number of amides is 1. The topological polar surface area (TPSA) is 75.3 Å². The minimum Gasteiger partial charge on any atom is -0.506 e. The van der Waals surface area contributed by atoms with Crippen LogP contribution >= 0.6 is 0 Å². The molecule has 0 saturated heterocycles. The quantitative estimate of drug-likeness (QED) is 0.712. The zero-order valence-corrected chi connectivity index (χ0v) is 11.1. The van der Waals surface area contributed by atoms with Gasteiger partial charge in [0.05, 0.1) is 11.6 Å². The predicted octanol–water partition coefficient (Wildman–Crippen LogP) is 2.01. The molecule has 4 atom stereocenters. The fourth-order valence-electron chi connectivity index (χ4n) is 3.69. The molecule has 1 aromatic rings. The zero-order chi connectivity index (χ0) is 13.6. The van der Waals surface area contributed by atoms with Crippen LogP contribution in [0, 0.1) is 24.7 Å². The van der Waals surface area contributed by atoms with E-state index >= 15 is 0 Å².